The van der Waals surface area contributed by atoms with Crippen LogP contribution in [0.5, 0.6) is 0 Å². The molecule has 2 rings (SSSR count). The standard InChI is InChI=1S/C18H30N4O.3ClH/c1-16(17-7-6-10-20-15-17)21-11-13-22(14-12-21)18(23)8-4-2-3-5-9-19;;;/h6-7,10,15-16H,2-5,8-9,11-14,19H2,1H3;3*1H. The number of halogens is 3. The van der Waals surface area contributed by atoms with E-state index in [0.717, 1.165) is 58.4 Å². The fourth-order valence-corrected chi connectivity index (χ4v) is 3.12. The molecule has 0 bridgehead atoms. The second kappa shape index (κ2) is 15.5. The molecule has 0 saturated carbocycles. The number of unbranched alkanes of at least 4 members (excludes halogenated alkanes) is 3. The van der Waals surface area contributed by atoms with Crippen LogP contribution in [0, 0.1) is 0 Å². The summed E-state index contributed by atoms with van der Waals surface area (Å²) in [6, 6.07) is 4.46. The zero-order chi connectivity index (χ0) is 16.5. The first-order valence-corrected chi connectivity index (χ1v) is 8.84. The predicted molar refractivity (Wildman–Crippen MR) is 115 cm³/mol. The predicted octanol–water partition coefficient (Wildman–Crippen LogP) is 3.46. The molecule has 2 heterocycles. The minimum Gasteiger partial charge on any atom is -0.340 e. The number of amides is 1. The number of rotatable bonds is 8. The van der Waals surface area contributed by atoms with E-state index in [1.54, 1.807) is 6.20 Å². The molecule has 1 aromatic rings. The van der Waals surface area contributed by atoms with Gasteiger partial charge in [-0.15, -0.1) is 37.2 Å². The Bertz CT molecular complexity index is 471. The lowest BCUT2D eigenvalue weighted by Crippen LogP contribution is -2.49. The van der Waals surface area contributed by atoms with E-state index in [1.807, 2.05) is 17.2 Å². The van der Waals surface area contributed by atoms with Gasteiger partial charge in [0.2, 0.25) is 5.91 Å². The molecule has 2 N–H and O–H groups in total. The summed E-state index contributed by atoms with van der Waals surface area (Å²) < 4.78 is 0. The van der Waals surface area contributed by atoms with Gasteiger partial charge in [-0.25, -0.2) is 0 Å². The van der Waals surface area contributed by atoms with Crippen molar-refractivity contribution in [1.29, 1.82) is 0 Å². The van der Waals surface area contributed by atoms with Crippen molar-refractivity contribution in [3.8, 4) is 0 Å². The third-order valence-electron chi connectivity index (χ3n) is 4.73. The molecule has 5 nitrogen and oxygen atoms in total. The van der Waals surface area contributed by atoms with Crippen molar-refractivity contribution in [3.05, 3.63) is 30.1 Å². The molecule has 8 heteroatoms. The van der Waals surface area contributed by atoms with E-state index < -0.39 is 0 Å². The second-order valence-electron chi connectivity index (χ2n) is 6.33. The van der Waals surface area contributed by atoms with Crippen LogP contribution in [0.2, 0.25) is 0 Å². The maximum absolute atomic E-state index is 12.3. The zero-order valence-corrected chi connectivity index (χ0v) is 18.0. The van der Waals surface area contributed by atoms with Crippen LogP contribution in [0.3, 0.4) is 0 Å². The summed E-state index contributed by atoms with van der Waals surface area (Å²) in [6.07, 6.45) is 8.73. The summed E-state index contributed by atoms with van der Waals surface area (Å²) in [4.78, 5) is 20.9. The van der Waals surface area contributed by atoms with Crippen LogP contribution < -0.4 is 5.73 Å². The fraction of sp³-hybridized carbons (Fsp3) is 0.667. The maximum Gasteiger partial charge on any atom is 0.222 e. The van der Waals surface area contributed by atoms with Gasteiger partial charge in [-0.1, -0.05) is 18.9 Å². The van der Waals surface area contributed by atoms with Gasteiger partial charge in [-0.05, 0) is 37.9 Å². The van der Waals surface area contributed by atoms with Gasteiger partial charge in [0.05, 0.1) is 0 Å². The summed E-state index contributed by atoms with van der Waals surface area (Å²) in [5.41, 5.74) is 6.73. The maximum atomic E-state index is 12.3. The van der Waals surface area contributed by atoms with Crippen molar-refractivity contribution in [2.75, 3.05) is 32.7 Å². The van der Waals surface area contributed by atoms with Crippen molar-refractivity contribution in [2.24, 2.45) is 5.73 Å². The van der Waals surface area contributed by atoms with Crippen LogP contribution in [0.25, 0.3) is 0 Å². The molecule has 1 aliphatic rings. The summed E-state index contributed by atoms with van der Waals surface area (Å²) in [5, 5.41) is 0. The molecule has 0 spiro atoms. The van der Waals surface area contributed by atoms with Crippen LogP contribution in [-0.2, 0) is 4.79 Å². The van der Waals surface area contributed by atoms with E-state index in [-0.39, 0.29) is 37.2 Å². The lowest BCUT2D eigenvalue weighted by molar-refractivity contribution is -0.133. The van der Waals surface area contributed by atoms with Gasteiger partial charge < -0.3 is 10.6 Å². The molecule has 26 heavy (non-hydrogen) atoms. The number of pyridine rings is 1. The van der Waals surface area contributed by atoms with Gasteiger partial charge in [0, 0.05) is 51.0 Å². The number of nitrogens with two attached hydrogens (primary N) is 1. The molecule has 1 aromatic heterocycles. The first-order chi connectivity index (χ1) is 11.2. The van der Waals surface area contributed by atoms with Crippen LogP contribution in [0.1, 0.15) is 50.6 Å². The molecule has 0 aromatic carbocycles. The topological polar surface area (TPSA) is 62.5 Å². The molecule has 1 atom stereocenters. The first kappa shape index (κ1) is 27.6. The van der Waals surface area contributed by atoms with Crippen molar-refractivity contribution in [3.63, 3.8) is 0 Å². The zero-order valence-electron chi connectivity index (χ0n) is 15.5. The van der Waals surface area contributed by atoms with Crippen LogP contribution in [-0.4, -0.2) is 53.4 Å². The van der Waals surface area contributed by atoms with Gasteiger partial charge >= 0.3 is 0 Å². The Labute approximate surface area is 176 Å². The Balaban J connectivity index is 0. The SMILES string of the molecule is CC(c1cccnc1)N1CCN(C(=O)CCCCCCN)CC1.Cl.Cl.Cl. The minimum atomic E-state index is 0. The molecule has 1 saturated heterocycles. The average Bonchev–Trinajstić information content (AvgIpc) is 2.61. The fourth-order valence-electron chi connectivity index (χ4n) is 3.12. The smallest absolute Gasteiger partial charge is 0.222 e. The summed E-state index contributed by atoms with van der Waals surface area (Å²) in [6.45, 7) is 6.53. The Kier molecular flexibility index (Phi) is 16.4. The summed E-state index contributed by atoms with van der Waals surface area (Å²) in [7, 11) is 0. The highest BCUT2D eigenvalue weighted by atomic mass is 35.5. The number of nitrogens with zero attached hydrogens (tertiary/aromatic N) is 3. The van der Waals surface area contributed by atoms with Crippen LogP contribution >= 0.6 is 37.2 Å². The molecule has 1 amide bonds. The molecule has 1 fully saturated rings. The van der Waals surface area contributed by atoms with Gasteiger partial charge in [0.25, 0.3) is 0 Å². The summed E-state index contributed by atoms with van der Waals surface area (Å²) >= 11 is 0. The molecule has 0 aliphatic carbocycles. The Morgan fingerprint density at radius 2 is 1.77 bits per heavy atom. The van der Waals surface area contributed by atoms with Crippen LogP contribution in [0.15, 0.2) is 24.5 Å². The second-order valence-corrected chi connectivity index (χ2v) is 6.33. The Morgan fingerprint density at radius 3 is 2.35 bits per heavy atom. The number of piperazine rings is 1. The van der Waals surface area contributed by atoms with Crippen molar-refractivity contribution in [2.45, 2.75) is 45.1 Å². The van der Waals surface area contributed by atoms with Gasteiger partial charge in [0.15, 0.2) is 0 Å². The number of hydrogen-bond acceptors (Lipinski definition) is 4. The Hall–Kier alpha value is -0.590. The molecule has 152 valence electrons. The average molecular weight is 428 g/mol. The van der Waals surface area contributed by atoms with Gasteiger partial charge in [-0.2, -0.15) is 0 Å². The van der Waals surface area contributed by atoms with E-state index in [0.29, 0.717) is 18.4 Å². The van der Waals surface area contributed by atoms with E-state index in [2.05, 4.69) is 22.9 Å². The normalized spacial score (nSPS) is 15.2. The number of hydrogen-bond donors (Lipinski definition) is 1. The third kappa shape index (κ3) is 8.87. The number of aromatic nitrogens is 1. The van der Waals surface area contributed by atoms with E-state index in [1.165, 1.54) is 5.56 Å². The van der Waals surface area contributed by atoms with Gasteiger partial charge in [0.1, 0.15) is 0 Å². The van der Waals surface area contributed by atoms with Crippen molar-refractivity contribution < 1.29 is 4.79 Å². The minimum absolute atomic E-state index is 0. The monoisotopic (exact) mass is 426 g/mol. The first-order valence-electron chi connectivity index (χ1n) is 8.84. The largest absolute Gasteiger partial charge is 0.340 e. The lowest BCUT2D eigenvalue weighted by atomic mass is 10.1. The van der Waals surface area contributed by atoms with E-state index in [4.69, 9.17) is 5.73 Å². The highest BCUT2D eigenvalue weighted by molar-refractivity contribution is 5.86. The molecule has 1 aliphatic heterocycles. The van der Waals surface area contributed by atoms with Crippen LogP contribution in [0.4, 0.5) is 0 Å². The number of carbonyl (C=O) groups excluding carboxylic acids is 1. The van der Waals surface area contributed by atoms with E-state index >= 15 is 0 Å². The Morgan fingerprint density at radius 1 is 1.12 bits per heavy atom. The number of carbonyl (C=O) groups is 1. The third-order valence-corrected chi connectivity index (χ3v) is 4.73. The van der Waals surface area contributed by atoms with Gasteiger partial charge in [-0.3, -0.25) is 14.7 Å². The highest BCUT2D eigenvalue weighted by Crippen LogP contribution is 2.21. The molecule has 1 unspecified atom stereocenters. The molecular weight excluding hydrogens is 395 g/mol. The van der Waals surface area contributed by atoms with E-state index in [9.17, 15) is 4.79 Å². The van der Waals surface area contributed by atoms with Crippen molar-refractivity contribution >= 4 is 43.1 Å². The highest BCUT2D eigenvalue weighted by Gasteiger charge is 2.24. The molecular formula is C18H33Cl3N4O. The lowest BCUT2D eigenvalue weighted by Gasteiger charge is -2.38. The summed E-state index contributed by atoms with van der Waals surface area (Å²) in [5.74, 6) is 0.312. The molecule has 0 radical (unpaired) electrons. The quantitative estimate of drug-likeness (QED) is 0.645. The van der Waals surface area contributed by atoms with Crippen molar-refractivity contribution in [1.82, 2.24) is 14.8 Å².